The van der Waals surface area contributed by atoms with Crippen LogP contribution >= 0.6 is 0 Å². The Morgan fingerprint density at radius 1 is 0.455 bits per heavy atom. The molecule has 0 amide bonds. The first kappa shape index (κ1) is 31.8. The Balaban J connectivity index is 0.000000569. The van der Waals surface area contributed by atoms with E-state index in [2.05, 4.69) is 116 Å². The molecule has 0 nitrogen and oxygen atoms in total. The van der Waals surface area contributed by atoms with Gasteiger partial charge in [0.2, 0.25) is 0 Å². The van der Waals surface area contributed by atoms with Crippen molar-refractivity contribution < 1.29 is 42.2 Å². The van der Waals surface area contributed by atoms with Crippen LogP contribution in [0.3, 0.4) is 0 Å². The number of hydrogen-bond donors (Lipinski definition) is 0. The molecule has 4 aromatic rings. The van der Waals surface area contributed by atoms with Crippen molar-refractivity contribution in [3.05, 3.63) is 82.9 Å². The number of hydrogen-bond acceptors (Lipinski definition) is 0. The maximum Gasteiger partial charge on any atom is 4.00 e. The van der Waals surface area contributed by atoms with Crippen LogP contribution in [0.5, 0.6) is 0 Å². The molecule has 0 aliphatic rings. The Hall–Kier alpha value is -1.23. The van der Waals surface area contributed by atoms with Gasteiger partial charge in [-0.1, -0.05) is 90.5 Å². The summed E-state index contributed by atoms with van der Waals surface area (Å²) in [6.45, 7) is 18.1. The third-order valence-corrected chi connectivity index (χ3v) is 6.25. The summed E-state index contributed by atoms with van der Waals surface area (Å²) in [5.74, 6) is 2.43. The molecule has 0 saturated carbocycles. The van der Waals surface area contributed by atoms with Gasteiger partial charge >= 0.3 is 17.4 Å². The summed E-state index contributed by atoms with van der Waals surface area (Å²) < 4.78 is 0. The minimum Gasteiger partial charge on any atom is -1.00 e. The van der Waals surface area contributed by atoms with Crippen molar-refractivity contribution >= 4 is 21.5 Å². The van der Waals surface area contributed by atoms with Crippen LogP contribution in [0.1, 0.15) is 101 Å². The Morgan fingerprint density at radius 3 is 1.00 bits per heavy atom. The second-order valence-corrected chi connectivity index (χ2v) is 9.81. The van der Waals surface area contributed by atoms with E-state index in [-0.39, 0.29) is 42.2 Å². The minimum atomic E-state index is 0. The standard InChI is InChI=1S/2C15H19.2ClH.Cr/c2*1-10(2)12-8-9-13(11(3)4)15-7-5-6-14(12)15;;;/h2*5-11H,1-4H3;2*1H;/q2*-1;;;+4/p-2. The predicted octanol–water partition coefficient (Wildman–Crippen LogP) is 3.62. The fourth-order valence-corrected chi connectivity index (χ4v) is 4.58. The van der Waals surface area contributed by atoms with E-state index in [0.29, 0.717) is 23.7 Å². The van der Waals surface area contributed by atoms with Crippen LogP contribution in [0.15, 0.2) is 60.7 Å². The molecule has 3 heteroatoms. The van der Waals surface area contributed by atoms with Crippen LogP contribution in [-0.2, 0) is 17.4 Å². The zero-order valence-corrected chi connectivity index (χ0v) is 24.0. The summed E-state index contributed by atoms with van der Waals surface area (Å²) in [4.78, 5) is 0. The number of fused-ring (bicyclic) bond motifs is 2. The molecule has 0 aromatic heterocycles. The summed E-state index contributed by atoms with van der Waals surface area (Å²) in [5, 5.41) is 5.76. The summed E-state index contributed by atoms with van der Waals surface area (Å²) in [6.07, 6.45) is 0. The number of benzene rings is 2. The van der Waals surface area contributed by atoms with Gasteiger partial charge in [-0.05, 0) is 11.8 Å². The summed E-state index contributed by atoms with van der Waals surface area (Å²) >= 11 is 0. The first-order chi connectivity index (χ1) is 14.2. The Bertz CT molecular complexity index is 939. The molecule has 4 aromatic carbocycles. The van der Waals surface area contributed by atoms with E-state index in [9.17, 15) is 0 Å². The molecular formula is C30H38Cl2Cr. The molecule has 4 rings (SSSR count). The SMILES string of the molecule is CC(C)c1ccc(C(C)C)c2[cH-]ccc12.CC(C)c1ccc(C(C)C)c2[cH-]ccc12.[Cl-].[Cl-].[Cr+4]. The number of halogens is 2. The van der Waals surface area contributed by atoms with Crippen molar-refractivity contribution in [2.24, 2.45) is 0 Å². The predicted molar refractivity (Wildman–Crippen MR) is 135 cm³/mol. The molecule has 0 aliphatic carbocycles. The molecule has 0 unspecified atom stereocenters. The fraction of sp³-hybridized carbons (Fsp3) is 0.400. The summed E-state index contributed by atoms with van der Waals surface area (Å²) in [7, 11) is 0. The van der Waals surface area contributed by atoms with E-state index < -0.39 is 0 Å². The summed E-state index contributed by atoms with van der Waals surface area (Å²) in [5.41, 5.74) is 5.89. The van der Waals surface area contributed by atoms with Gasteiger partial charge in [-0.2, -0.15) is 24.3 Å². The number of rotatable bonds is 4. The van der Waals surface area contributed by atoms with Gasteiger partial charge in [0, 0.05) is 0 Å². The van der Waals surface area contributed by atoms with Crippen LogP contribution in [0, 0.1) is 0 Å². The monoisotopic (exact) mass is 520 g/mol. The van der Waals surface area contributed by atoms with Crippen molar-refractivity contribution in [3.63, 3.8) is 0 Å². The van der Waals surface area contributed by atoms with E-state index in [4.69, 9.17) is 0 Å². The molecule has 0 saturated heterocycles. The van der Waals surface area contributed by atoms with Gasteiger partial charge in [-0.25, -0.2) is 0 Å². The molecule has 0 heterocycles. The van der Waals surface area contributed by atoms with Gasteiger partial charge < -0.3 is 24.8 Å². The van der Waals surface area contributed by atoms with Crippen LogP contribution in [-0.4, -0.2) is 0 Å². The van der Waals surface area contributed by atoms with E-state index in [1.165, 1.54) is 43.8 Å². The molecule has 0 atom stereocenters. The largest absolute Gasteiger partial charge is 4.00 e. The smallest absolute Gasteiger partial charge is 1.00 e. The van der Waals surface area contributed by atoms with Crippen molar-refractivity contribution in [1.82, 2.24) is 0 Å². The van der Waals surface area contributed by atoms with E-state index in [1.807, 2.05) is 0 Å². The molecule has 0 aliphatic heterocycles. The molecule has 0 N–H and O–H groups in total. The quantitative estimate of drug-likeness (QED) is 0.360. The second kappa shape index (κ2) is 13.6. The normalized spacial score (nSPS) is 10.8. The van der Waals surface area contributed by atoms with Crippen molar-refractivity contribution in [2.75, 3.05) is 0 Å². The third kappa shape index (κ3) is 6.90. The maximum absolute atomic E-state index is 2.29. The maximum atomic E-state index is 2.29. The average molecular weight is 522 g/mol. The van der Waals surface area contributed by atoms with Gasteiger partial charge in [0.25, 0.3) is 0 Å². The molecule has 0 bridgehead atoms. The van der Waals surface area contributed by atoms with Gasteiger partial charge in [0.15, 0.2) is 0 Å². The molecular weight excluding hydrogens is 483 g/mol. The van der Waals surface area contributed by atoms with E-state index in [0.717, 1.165) is 0 Å². The van der Waals surface area contributed by atoms with Gasteiger partial charge in [-0.3, -0.25) is 0 Å². The summed E-state index contributed by atoms with van der Waals surface area (Å²) in [6, 6.07) is 22.5. The minimum absolute atomic E-state index is 0. The average Bonchev–Trinajstić information content (AvgIpc) is 3.35. The third-order valence-electron chi connectivity index (χ3n) is 6.25. The Morgan fingerprint density at radius 2 is 0.727 bits per heavy atom. The Kier molecular flexibility index (Phi) is 13.1. The van der Waals surface area contributed by atoms with Crippen molar-refractivity contribution in [1.29, 1.82) is 0 Å². The van der Waals surface area contributed by atoms with Crippen LogP contribution in [0.4, 0.5) is 0 Å². The van der Waals surface area contributed by atoms with Crippen LogP contribution in [0.25, 0.3) is 21.5 Å². The first-order valence-corrected chi connectivity index (χ1v) is 11.6. The molecule has 0 spiro atoms. The van der Waals surface area contributed by atoms with Gasteiger partial charge in [0.05, 0.1) is 0 Å². The van der Waals surface area contributed by atoms with Crippen LogP contribution in [0.2, 0.25) is 0 Å². The zero-order valence-electron chi connectivity index (χ0n) is 21.2. The fourth-order valence-electron chi connectivity index (χ4n) is 4.58. The van der Waals surface area contributed by atoms with E-state index in [1.54, 1.807) is 0 Å². The van der Waals surface area contributed by atoms with Crippen molar-refractivity contribution in [2.45, 2.75) is 79.1 Å². The zero-order chi connectivity index (χ0) is 22.0. The van der Waals surface area contributed by atoms with Gasteiger partial charge in [-0.15, -0.1) is 56.9 Å². The Labute approximate surface area is 224 Å². The second-order valence-electron chi connectivity index (χ2n) is 9.81. The molecule has 0 fully saturated rings. The molecule has 178 valence electrons. The van der Waals surface area contributed by atoms with Crippen LogP contribution < -0.4 is 24.8 Å². The first-order valence-electron chi connectivity index (χ1n) is 11.6. The molecule has 33 heavy (non-hydrogen) atoms. The van der Waals surface area contributed by atoms with E-state index >= 15 is 0 Å². The van der Waals surface area contributed by atoms with Crippen molar-refractivity contribution in [3.8, 4) is 0 Å². The van der Waals surface area contributed by atoms with Gasteiger partial charge in [0.1, 0.15) is 0 Å². The topological polar surface area (TPSA) is 0 Å². The molecule has 0 radical (unpaired) electrons.